The lowest BCUT2D eigenvalue weighted by Gasteiger charge is -2.01. The number of rotatable bonds is 2. The molecule has 1 aromatic carbocycles. The minimum absolute atomic E-state index is 0.245. The molecule has 1 aromatic rings. The van der Waals surface area contributed by atoms with E-state index in [0.717, 1.165) is 12.0 Å². The molecule has 0 radical (unpaired) electrons. The van der Waals surface area contributed by atoms with Crippen LogP contribution in [0.25, 0.3) is 0 Å². The summed E-state index contributed by atoms with van der Waals surface area (Å²) in [5.74, 6) is 4.75. The Morgan fingerprint density at radius 1 is 1.58 bits per heavy atom. The number of aryl methyl sites for hydroxylation is 1. The number of carbonyl (C=O) groups is 1. The Morgan fingerprint density at radius 3 is 2.92 bits per heavy atom. The third-order valence-corrected chi connectivity index (χ3v) is 1.73. The van der Waals surface area contributed by atoms with Crippen molar-refractivity contribution in [1.29, 1.82) is 0 Å². The first-order chi connectivity index (χ1) is 5.77. The van der Waals surface area contributed by atoms with Crippen LogP contribution in [-0.4, -0.2) is 5.91 Å². The lowest BCUT2D eigenvalue weighted by atomic mass is 10.1. The van der Waals surface area contributed by atoms with Gasteiger partial charge in [0.1, 0.15) is 0 Å². The smallest absolute Gasteiger partial charge is 0.265 e. The van der Waals surface area contributed by atoms with E-state index in [4.69, 9.17) is 5.84 Å². The van der Waals surface area contributed by atoms with Crippen LogP contribution in [0.1, 0.15) is 22.8 Å². The van der Waals surface area contributed by atoms with Crippen LogP contribution in [-0.2, 0) is 6.42 Å². The monoisotopic (exact) mass is 164 g/mol. The minimum Gasteiger partial charge on any atom is -0.290 e. The number of carbonyl (C=O) groups excluding carboxylic acids is 1. The average Bonchev–Trinajstić information content (AvgIpc) is 2.17. The molecule has 0 heterocycles. The summed E-state index contributed by atoms with van der Waals surface area (Å²) in [6.07, 6.45) is 0.922. The number of amides is 1. The van der Waals surface area contributed by atoms with E-state index in [1.165, 1.54) is 0 Å². The van der Waals surface area contributed by atoms with Gasteiger partial charge < -0.3 is 0 Å². The van der Waals surface area contributed by atoms with Gasteiger partial charge >= 0.3 is 0 Å². The normalized spacial score (nSPS) is 9.50. The highest BCUT2D eigenvalue weighted by Crippen LogP contribution is 2.04. The highest BCUT2D eigenvalue weighted by atomic mass is 16.2. The lowest BCUT2D eigenvalue weighted by Crippen LogP contribution is -2.29. The molecule has 3 heteroatoms. The van der Waals surface area contributed by atoms with Crippen molar-refractivity contribution in [2.75, 3.05) is 0 Å². The first-order valence-corrected chi connectivity index (χ1v) is 3.87. The maximum Gasteiger partial charge on any atom is 0.265 e. The molecule has 1 rings (SSSR count). The number of nitrogens with one attached hydrogen (secondary N) is 1. The van der Waals surface area contributed by atoms with Gasteiger partial charge in [-0.25, -0.2) is 5.84 Å². The number of hydrogen-bond acceptors (Lipinski definition) is 2. The molecule has 64 valence electrons. The zero-order valence-electron chi connectivity index (χ0n) is 7.00. The topological polar surface area (TPSA) is 55.1 Å². The van der Waals surface area contributed by atoms with Gasteiger partial charge in [0.25, 0.3) is 5.91 Å². The second-order valence-electron chi connectivity index (χ2n) is 2.53. The average molecular weight is 164 g/mol. The fourth-order valence-corrected chi connectivity index (χ4v) is 1.02. The van der Waals surface area contributed by atoms with Crippen LogP contribution in [0.15, 0.2) is 24.3 Å². The number of hydrazine groups is 1. The van der Waals surface area contributed by atoms with Crippen LogP contribution in [0.3, 0.4) is 0 Å². The molecule has 0 saturated carbocycles. The molecular formula is C9H12N2O. The molecule has 1 amide bonds. The van der Waals surface area contributed by atoms with Gasteiger partial charge in [0.2, 0.25) is 0 Å². The predicted octanol–water partition coefficient (Wildman–Crippen LogP) is 0.853. The van der Waals surface area contributed by atoms with Crippen molar-refractivity contribution in [3.63, 3.8) is 0 Å². The summed E-state index contributed by atoms with van der Waals surface area (Å²) in [5.41, 5.74) is 3.84. The van der Waals surface area contributed by atoms with Crippen LogP contribution in [0.2, 0.25) is 0 Å². The maximum absolute atomic E-state index is 11.0. The van der Waals surface area contributed by atoms with Crippen molar-refractivity contribution in [2.45, 2.75) is 13.3 Å². The van der Waals surface area contributed by atoms with Gasteiger partial charge in [0.15, 0.2) is 0 Å². The SMILES string of the molecule is CCc1cccc(C(=O)NN)c1. The first-order valence-electron chi connectivity index (χ1n) is 3.87. The van der Waals surface area contributed by atoms with E-state index in [1.54, 1.807) is 6.07 Å². The van der Waals surface area contributed by atoms with E-state index in [1.807, 2.05) is 25.1 Å². The maximum atomic E-state index is 11.0. The van der Waals surface area contributed by atoms with E-state index >= 15 is 0 Å². The molecule has 0 atom stereocenters. The van der Waals surface area contributed by atoms with Gasteiger partial charge in [-0.3, -0.25) is 10.2 Å². The number of benzene rings is 1. The summed E-state index contributed by atoms with van der Waals surface area (Å²) in [4.78, 5) is 11.0. The van der Waals surface area contributed by atoms with Crippen LogP contribution in [0.4, 0.5) is 0 Å². The van der Waals surface area contributed by atoms with E-state index in [2.05, 4.69) is 5.43 Å². The Bertz CT molecular complexity index is 284. The zero-order chi connectivity index (χ0) is 8.97. The van der Waals surface area contributed by atoms with Gasteiger partial charge in [0, 0.05) is 5.56 Å². The van der Waals surface area contributed by atoms with Gasteiger partial charge in [-0.15, -0.1) is 0 Å². The Balaban J connectivity index is 2.93. The predicted molar refractivity (Wildman–Crippen MR) is 47.5 cm³/mol. The van der Waals surface area contributed by atoms with Crippen molar-refractivity contribution in [1.82, 2.24) is 5.43 Å². The number of nitrogen functional groups attached to an aromatic ring is 1. The van der Waals surface area contributed by atoms with E-state index < -0.39 is 0 Å². The Morgan fingerprint density at radius 2 is 2.33 bits per heavy atom. The van der Waals surface area contributed by atoms with E-state index in [9.17, 15) is 4.79 Å². The van der Waals surface area contributed by atoms with Crippen molar-refractivity contribution in [3.05, 3.63) is 35.4 Å². The fourth-order valence-electron chi connectivity index (χ4n) is 1.02. The standard InChI is InChI=1S/C9H12N2O/c1-2-7-4-3-5-8(6-7)9(12)11-10/h3-6H,2,10H2,1H3,(H,11,12). The minimum atomic E-state index is -0.245. The Hall–Kier alpha value is -1.35. The summed E-state index contributed by atoms with van der Waals surface area (Å²) in [6.45, 7) is 2.04. The molecule has 0 spiro atoms. The molecule has 0 saturated heterocycles. The molecule has 0 aliphatic carbocycles. The van der Waals surface area contributed by atoms with Crippen LogP contribution >= 0.6 is 0 Å². The van der Waals surface area contributed by atoms with Crippen molar-refractivity contribution in [2.24, 2.45) is 5.84 Å². The molecular weight excluding hydrogens is 152 g/mol. The first kappa shape index (κ1) is 8.74. The number of hydrogen-bond donors (Lipinski definition) is 2. The summed E-state index contributed by atoms with van der Waals surface area (Å²) in [5, 5.41) is 0. The van der Waals surface area contributed by atoms with E-state index in [0.29, 0.717) is 5.56 Å². The summed E-state index contributed by atoms with van der Waals surface area (Å²) in [6, 6.07) is 7.40. The molecule has 0 aromatic heterocycles. The molecule has 0 aliphatic heterocycles. The van der Waals surface area contributed by atoms with Crippen molar-refractivity contribution in [3.8, 4) is 0 Å². The van der Waals surface area contributed by atoms with Crippen LogP contribution in [0.5, 0.6) is 0 Å². The van der Waals surface area contributed by atoms with E-state index in [-0.39, 0.29) is 5.91 Å². The second-order valence-corrected chi connectivity index (χ2v) is 2.53. The molecule has 0 unspecified atom stereocenters. The lowest BCUT2D eigenvalue weighted by molar-refractivity contribution is 0.0953. The van der Waals surface area contributed by atoms with Crippen molar-refractivity contribution < 1.29 is 4.79 Å². The third-order valence-electron chi connectivity index (χ3n) is 1.73. The summed E-state index contributed by atoms with van der Waals surface area (Å²) >= 11 is 0. The third kappa shape index (κ3) is 1.83. The molecule has 12 heavy (non-hydrogen) atoms. The van der Waals surface area contributed by atoms with Gasteiger partial charge in [-0.2, -0.15) is 0 Å². The fraction of sp³-hybridized carbons (Fsp3) is 0.222. The van der Waals surface area contributed by atoms with Gasteiger partial charge in [-0.1, -0.05) is 19.1 Å². The molecule has 0 bridgehead atoms. The zero-order valence-corrected chi connectivity index (χ0v) is 7.00. The van der Waals surface area contributed by atoms with Gasteiger partial charge in [0.05, 0.1) is 0 Å². The highest BCUT2D eigenvalue weighted by Gasteiger charge is 2.01. The molecule has 3 N–H and O–H groups in total. The Kier molecular flexibility index (Phi) is 2.82. The van der Waals surface area contributed by atoms with Crippen LogP contribution in [0, 0.1) is 0 Å². The highest BCUT2D eigenvalue weighted by molar-refractivity contribution is 5.93. The Labute approximate surface area is 71.5 Å². The summed E-state index contributed by atoms with van der Waals surface area (Å²) in [7, 11) is 0. The van der Waals surface area contributed by atoms with Gasteiger partial charge in [-0.05, 0) is 24.1 Å². The molecule has 0 fully saturated rings. The number of nitrogens with two attached hydrogens (primary N) is 1. The summed E-state index contributed by atoms with van der Waals surface area (Å²) < 4.78 is 0. The second kappa shape index (κ2) is 3.88. The van der Waals surface area contributed by atoms with Crippen molar-refractivity contribution >= 4 is 5.91 Å². The van der Waals surface area contributed by atoms with Crippen LogP contribution < -0.4 is 11.3 Å². The molecule has 0 aliphatic rings. The largest absolute Gasteiger partial charge is 0.290 e. The quantitative estimate of drug-likeness (QED) is 0.387. The molecule has 3 nitrogen and oxygen atoms in total.